The number of carbonyl (C=O) groups excluding carboxylic acids is 1. The summed E-state index contributed by atoms with van der Waals surface area (Å²) in [5, 5.41) is 2.78. The molecule has 0 radical (unpaired) electrons. The van der Waals surface area contributed by atoms with Crippen molar-refractivity contribution < 1.29 is 18.3 Å². The van der Waals surface area contributed by atoms with Gasteiger partial charge in [-0.3, -0.25) is 4.79 Å². The highest BCUT2D eigenvalue weighted by molar-refractivity contribution is 9.10. The molecule has 0 bridgehead atoms. The molecule has 3 aromatic carbocycles. The van der Waals surface area contributed by atoms with Crippen molar-refractivity contribution in [2.24, 2.45) is 0 Å². The summed E-state index contributed by atoms with van der Waals surface area (Å²) in [5.74, 6) is 0.450. The molecule has 0 atom stereocenters. The fourth-order valence-corrected chi connectivity index (χ4v) is 3.27. The number of carbonyl (C=O) groups is 1. The highest BCUT2D eigenvalue weighted by Gasteiger charge is 2.12. The number of nitrogens with zero attached hydrogens (tertiary/aromatic N) is 1. The van der Waals surface area contributed by atoms with Crippen LogP contribution in [0.25, 0.3) is 22.6 Å². The smallest absolute Gasteiger partial charge is 0.255 e. The number of benzene rings is 3. The number of halogens is 2. The molecular weight excluding hydrogens is 427 g/mol. The minimum Gasteiger partial charge on any atom is -0.496 e. The topological polar surface area (TPSA) is 64.4 Å². The van der Waals surface area contributed by atoms with Gasteiger partial charge in [0.25, 0.3) is 5.91 Å². The van der Waals surface area contributed by atoms with E-state index in [1.807, 2.05) is 18.2 Å². The molecule has 0 aliphatic rings. The Kier molecular flexibility index (Phi) is 4.83. The second-order valence-corrected chi connectivity index (χ2v) is 6.87. The maximum absolute atomic E-state index is 13.0. The normalized spacial score (nSPS) is 10.8. The summed E-state index contributed by atoms with van der Waals surface area (Å²) < 4.78 is 24.8. The van der Waals surface area contributed by atoms with Gasteiger partial charge < -0.3 is 14.5 Å². The molecule has 28 heavy (non-hydrogen) atoms. The molecule has 140 valence electrons. The Morgan fingerprint density at radius 3 is 2.61 bits per heavy atom. The molecule has 4 rings (SSSR count). The van der Waals surface area contributed by atoms with Crippen LogP contribution in [0, 0.1) is 5.82 Å². The SMILES string of the molecule is COc1ccc(-c2nc3cc(NC(=O)c4ccc(F)cc4)ccc3o2)cc1Br. The molecule has 0 fully saturated rings. The summed E-state index contributed by atoms with van der Waals surface area (Å²) >= 11 is 3.45. The number of oxazole rings is 1. The monoisotopic (exact) mass is 440 g/mol. The van der Waals surface area contributed by atoms with E-state index in [9.17, 15) is 9.18 Å². The van der Waals surface area contributed by atoms with Crippen molar-refractivity contribution in [1.82, 2.24) is 4.98 Å². The number of ether oxygens (including phenoxy) is 1. The average molecular weight is 441 g/mol. The van der Waals surface area contributed by atoms with Crippen LogP contribution in [-0.4, -0.2) is 18.0 Å². The summed E-state index contributed by atoms with van der Waals surface area (Å²) in [7, 11) is 1.60. The molecule has 4 aromatic rings. The van der Waals surface area contributed by atoms with E-state index in [2.05, 4.69) is 26.2 Å². The number of rotatable bonds is 4. The van der Waals surface area contributed by atoms with E-state index >= 15 is 0 Å². The summed E-state index contributed by atoms with van der Waals surface area (Å²) in [6, 6.07) is 16.1. The molecule has 0 aliphatic heterocycles. The number of aromatic nitrogens is 1. The number of amides is 1. The first-order valence-electron chi connectivity index (χ1n) is 8.35. The largest absolute Gasteiger partial charge is 0.496 e. The molecule has 1 heterocycles. The van der Waals surface area contributed by atoms with Gasteiger partial charge in [0.1, 0.15) is 17.1 Å². The van der Waals surface area contributed by atoms with Crippen LogP contribution in [0.4, 0.5) is 10.1 Å². The van der Waals surface area contributed by atoms with Crippen molar-refractivity contribution in [2.45, 2.75) is 0 Å². The number of nitrogens with one attached hydrogen (secondary N) is 1. The van der Waals surface area contributed by atoms with Crippen molar-refractivity contribution in [3.8, 4) is 17.2 Å². The lowest BCUT2D eigenvalue weighted by Gasteiger charge is -2.04. The molecule has 0 aliphatic carbocycles. The quantitative estimate of drug-likeness (QED) is 0.444. The Bertz CT molecular complexity index is 1170. The van der Waals surface area contributed by atoms with Crippen molar-refractivity contribution >= 4 is 38.6 Å². The van der Waals surface area contributed by atoms with Crippen LogP contribution >= 0.6 is 15.9 Å². The zero-order valence-corrected chi connectivity index (χ0v) is 16.3. The number of anilines is 1. The molecule has 0 unspecified atom stereocenters. The third-order valence-corrected chi connectivity index (χ3v) is 4.77. The number of hydrogen-bond acceptors (Lipinski definition) is 4. The third-order valence-electron chi connectivity index (χ3n) is 4.15. The first kappa shape index (κ1) is 18.2. The molecule has 0 saturated carbocycles. The van der Waals surface area contributed by atoms with Gasteiger partial charge in [0.15, 0.2) is 5.58 Å². The van der Waals surface area contributed by atoms with E-state index in [-0.39, 0.29) is 5.91 Å². The van der Waals surface area contributed by atoms with Gasteiger partial charge in [-0.1, -0.05) is 0 Å². The Morgan fingerprint density at radius 2 is 1.89 bits per heavy atom. The first-order chi connectivity index (χ1) is 13.5. The molecule has 7 heteroatoms. The van der Waals surface area contributed by atoms with Crippen LogP contribution in [-0.2, 0) is 0 Å². The fraction of sp³-hybridized carbons (Fsp3) is 0.0476. The van der Waals surface area contributed by atoms with Crippen LogP contribution in [0.3, 0.4) is 0 Å². The zero-order valence-electron chi connectivity index (χ0n) is 14.7. The van der Waals surface area contributed by atoms with Crippen molar-refractivity contribution in [2.75, 3.05) is 12.4 Å². The number of methoxy groups -OCH3 is 1. The highest BCUT2D eigenvalue weighted by atomic mass is 79.9. The lowest BCUT2D eigenvalue weighted by atomic mass is 10.2. The predicted molar refractivity (Wildman–Crippen MR) is 108 cm³/mol. The fourth-order valence-electron chi connectivity index (χ4n) is 2.73. The minimum absolute atomic E-state index is 0.331. The van der Waals surface area contributed by atoms with Crippen molar-refractivity contribution in [3.05, 3.63) is 76.5 Å². The van der Waals surface area contributed by atoms with E-state index < -0.39 is 5.82 Å². The molecule has 1 amide bonds. The van der Waals surface area contributed by atoms with E-state index in [0.29, 0.717) is 34.0 Å². The van der Waals surface area contributed by atoms with Gasteiger partial charge in [0.05, 0.1) is 11.6 Å². The summed E-state index contributed by atoms with van der Waals surface area (Å²) in [5.41, 5.74) is 2.93. The zero-order chi connectivity index (χ0) is 19.7. The Hall–Kier alpha value is -3.19. The molecule has 5 nitrogen and oxygen atoms in total. The van der Waals surface area contributed by atoms with Crippen LogP contribution in [0.2, 0.25) is 0 Å². The predicted octanol–water partition coefficient (Wildman–Crippen LogP) is 5.66. The van der Waals surface area contributed by atoms with Crippen LogP contribution < -0.4 is 10.1 Å². The average Bonchev–Trinajstić information content (AvgIpc) is 3.12. The highest BCUT2D eigenvalue weighted by Crippen LogP contribution is 2.32. The van der Waals surface area contributed by atoms with Crippen LogP contribution in [0.5, 0.6) is 5.75 Å². The van der Waals surface area contributed by atoms with Gasteiger partial charge in [-0.05, 0) is 76.6 Å². The van der Waals surface area contributed by atoms with Crippen LogP contribution in [0.1, 0.15) is 10.4 Å². The summed E-state index contributed by atoms with van der Waals surface area (Å²) in [4.78, 5) is 16.8. The lowest BCUT2D eigenvalue weighted by Crippen LogP contribution is -2.11. The summed E-state index contributed by atoms with van der Waals surface area (Å²) in [6.45, 7) is 0. The van der Waals surface area contributed by atoms with Gasteiger partial charge >= 0.3 is 0 Å². The summed E-state index contributed by atoms with van der Waals surface area (Å²) in [6.07, 6.45) is 0. The van der Waals surface area contributed by atoms with Gasteiger partial charge in [0, 0.05) is 16.8 Å². The lowest BCUT2D eigenvalue weighted by molar-refractivity contribution is 0.102. The Morgan fingerprint density at radius 1 is 1.11 bits per heavy atom. The van der Waals surface area contributed by atoms with E-state index in [0.717, 1.165) is 10.0 Å². The Labute approximate surface area is 168 Å². The number of hydrogen-bond donors (Lipinski definition) is 1. The van der Waals surface area contributed by atoms with Gasteiger partial charge in [-0.15, -0.1) is 0 Å². The maximum Gasteiger partial charge on any atom is 0.255 e. The van der Waals surface area contributed by atoms with Gasteiger partial charge in [0.2, 0.25) is 5.89 Å². The first-order valence-corrected chi connectivity index (χ1v) is 9.14. The minimum atomic E-state index is -0.390. The van der Waals surface area contributed by atoms with E-state index in [4.69, 9.17) is 9.15 Å². The van der Waals surface area contributed by atoms with E-state index in [1.54, 1.807) is 25.3 Å². The second-order valence-electron chi connectivity index (χ2n) is 6.01. The Balaban J connectivity index is 1.60. The molecule has 1 N–H and O–H groups in total. The maximum atomic E-state index is 13.0. The molecule has 0 saturated heterocycles. The number of fused-ring (bicyclic) bond motifs is 1. The molecule has 1 aromatic heterocycles. The van der Waals surface area contributed by atoms with Gasteiger partial charge in [-0.2, -0.15) is 0 Å². The van der Waals surface area contributed by atoms with E-state index in [1.165, 1.54) is 24.3 Å². The molecular formula is C21H14BrFN2O3. The third kappa shape index (κ3) is 3.61. The van der Waals surface area contributed by atoms with Crippen LogP contribution in [0.15, 0.2) is 69.6 Å². The van der Waals surface area contributed by atoms with Crippen molar-refractivity contribution in [1.29, 1.82) is 0 Å². The van der Waals surface area contributed by atoms with Gasteiger partial charge in [-0.25, -0.2) is 9.37 Å². The molecule has 0 spiro atoms. The van der Waals surface area contributed by atoms with Crippen molar-refractivity contribution in [3.63, 3.8) is 0 Å². The second kappa shape index (κ2) is 7.44. The standard InChI is InChI=1S/C21H14BrFN2O3/c1-27-18-8-4-13(10-16(18)22)21-25-17-11-15(7-9-19(17)28-21)24-20(26)12-2-5-14(23)6-3-12/h2-11H,1H3,(H,24,26).